The van der Waals surface area contributed by atoms with Crippen LogP contribution in [0.2, 0.25) is 0 Å². The number of hydrogen-bond acceptors (Lipinski definition) is 12. The van der Waals surface area contributed by atoms with Gasteiger partial charge < -0.3 is 20.5 Å². The molecule has 0 radical (unpaired) electrons. The summed E-state index contributed by atoms with van der Waals surface area (Å²) in [7, 11) is -7.26. The Morgan fingerprint density at radius 2 is 1.16 bits per heavy atom. The number of pyridine rings is 2. The van der Waals surface area contributed by atoms with Crippen LogP contribution < -0.4 is 16.2 Å². The molecule has 0 aliphatic carbocycles. The molecule has 16 heteroatoms. The highest BCUT2D eigenvalue weighted by atomic mass is 32.2. The van der Waals surface area contributed by atoms with E-state index >= 15 is 0 Å². The number of nitrogen functional groups attached to an aromatic ring is 2. The van der Waals surface area contributed by atoms with Gasteiger partial charge in [-0.2, -0.15) is 4.31 Å². The molecule has 1 fully saturated rings. The molecule has 4 aromatic heterocycles. The van der Waals surface area contributed by atoms with Gasteiger partial charge in [0.2, 0.25) is 20.0 Å². The van der Waals surface area contributed by atoms with E-state index in [1.54, 1.807) is 79.9 Å². The molecule has 0 spiro atoms. The van der Waals surface area contributed by atoms with Crippen molar-refractivity contribution in [3.05, 3.63) is 95.6 Å². The second-order valence-electron chi connectivity index (χ2n) is 16.3. The number of nitrogens with one attached hydrogen (secondary N) is 1. The molecule has 1 aliphatic rings. The average molecular weight is 827 g/mol. The zero-order valence-electron chi connectivity index (χ0n) is 34.2. The summed E-state index contributed by atoms with van der Waals surface area (Å²) in [5, 5.41) is 7.80. The molecule has 5 heterocycles. The Kier molecular flexibility index (Phi) is 11.4. The maximum absolute atomic E-state index is 13.4. The van der Waals surface area contributed by atoms with E-state index in [9.17, 15) is 16.8 Å². The van der Waals surface area contributed by atoms with E-state index in [0.717, 1.165) is 57.6 Å². The minimum atomic E-state index is -3.66. The van der Waals surface area contributed by atoms with Gasteiger partial charge in [0.15, 0.2) is 11.5 Å². The van der Waals surface area contributed by atoms with Crippen LogP contribution in [0.4, 0.5) is 11.6 Å². The first-order valence-electron chi connectivity index (χ1n) is 18.7. The fourth-order valence-corrected chi connectivity index (χ4v) is 10.2. The quantitative estimate of drug-likeness (QED) is 0.134. The van der Waals surface area contributed by atoms with Crippen LogP contribution in [0.1, 0.15) is 70.0 Å². The van der Waals surface area contributed by atoms with Crippen LogP contribution in [0.15, 0.2) is 91.9 Å². The Bertz CT molecular complexity index is 2720. The fourth-order valence-electron chi connectivity index (χ4n) is 6.89. The highest BCUT2D eigenvalue weighted by molar-refractivity contribution is 7.89. The van der Waals surface area contributed by atoms with Gasteiger partial charge in [-0.3, -0.25) is 0 Å². The zero-order valence-corrected chi connectivity index (χ0v) is 35.8. The minimum Gasteiger partial charge on any atom is -0.383 e. The number of aromatic nitrogens is 4. The lowest BCUT2D eigenvalue weighted by Crippen LogP contribution is -2.42. The van der Waals surface area contributed by atoms with Crippen molar-refractivity contribution in [3.8, 4) is 44.9 Å². The molecule has 0 saturated carbocycles. The maximum atomic E-state index is 13.4. The Morgan fingerprint density at radius 1 is 0.690 bits per heavy atom. The number of nitrogens with two attached hydrogens (primary N) is 2. The van der Waals surface area contributed by atoms with E-state index in [2.05, 4.69) is 25.0 Å². The number of sulfonamides is 2. The number of anilines is 2. The van der Waals surface area contributed by atoms with Gasteiger partial charge in [0.1, 0.15) is 11.6 Å². The molecular formula is C42H50N8O6S2. The van der Waals surface area contributed by atoms with E-state index in [-0.39, 0.29) is 15.3 Å². The van der Waals surface area contributed by atoms with Gasteiger partial charge in [-0.1, -0.05) is 22.4 Å². The van der Waals surface area contributed by atoms with Crippen LogP contribution in [0, 0.1) is 27.7 Å². The van der Waals surface area contributed by atoms with Crippen LogP contribution in [-0.2, 0) is 20.0 Å². The van der Waals surface area contributed by atoms with Gasteiger partial charge in [-0.25, -0.2) is 31.5 Å². The third-order valence-corrected chi connectivity index (χ3v) is 13.7. The minimum absolute atomic E-state index is 0.192. The molecule has 0 atom stereocenters. The second kappa shape index (κ2) is 15.7. The van der Waals surface area contributed by atoms with E-state index in [1.165, 1.54) is 0 Å². The third kappa shape index (κ3) is 8.99. The number of nitrogens with zero attached hydrogens (tertiary/aromatic N) is 5. The third-order valence-electron chi connectivity index (χ3n) is 9.83. The Hall–Kier alpha value is -5.42. The van der Waals surface area contributed by atoms with Crippen molar-refractivity contribution in [2.45, 2.75) is 96.0 Å². The van der Waals surface area contributed by atoms with Crippen LogP contribution in [0.25, 0.3) is 44.9 Å². The molecule has 0 amide bonds. The topological polar surface area (TPSA) is 213 Å². The lowest BCUT2D eigenvalue weighted by molar-refractivity contribution is 0.291. The summed E-state index contributed by atoms with van der Waals surface area (Å²) in [6.45, 7) is 17.4. The SMILES string of the molecule is Cc1cc(-c2cc(-c3cc(S(=O)(=O)N4CCCC4(C)C)ccc3C)cnc2N)on1.Cc1cc(-c2cc(-c3cc(S(=O)(=O)NC(C)(C)C)ccc3C)cnc2N)on1. The predicted molar refractivity (Wildman–Crippen MR) is 225 cm³/mol. The Labute approximate surface area is 340 Å². The van der Waals surface area contributed by atoms with E-state index < -0.39 is 25.6 Å². The summed E-state index contributed by atoms with van der Waals surface area (Å²) in [6, 6.07) is 17.5. The number of benzene rings is 2. The average Bonchev–Trinajstić information content (AvgIpc) is 3.87. The molecule has 5 N–H and O–H groups in total. The highest BCUT2D eigenvalue weighted by Gasteiger charge is 2.41. The molecular weight excluding hydrogens is 777 g/mol. The zero-order chi connectivity index (χ0) is 42.4. The molecule has 0 bridgehead atoms. The normalized spacial score (nSPS) is 14.6. The first-order chi connectivity index (χ1) is 27.1. The van der Waals surface area contributed by atoms with Gasteiger partial charge in [0, 0.05) is 53.3 Å². The highest BCUT2D eigenvalue weighted by Crippen LogP contribution is 2.37. The summed E-state index contributed by atoms with van der Waals surface area (Å²) in [5.41, 5.74) is 18.7. The Balaban J connectivity index is 0.000000196. The molecule has 1 saturated heterocycles. The fraction of sp³-hybridized carbons (Fsp3) is 0.333. The predicted octanol–water partition coefficient (Wildman–Crippen LogP) is 7.85. The summed E-state index contributed by atoms with van der Waals surface area (Å²) in [4.78, 5) is 9.04. The monoisotopic (exact) mass is 826 g/mol. The number of hydrogen-bond donors (Lipinski definition) is 3. The van der Waals surface area contributed by atoms with E-state index in [0.29, 0.717) is 40.8 Å². The van der Waals surface area contributed by atoms with Crippen molar-refractivity contribution < 1.29 is 25.9 Å². The molecule has 6 aromatic rings. The van der Waals surface area contributed by atoms with Crippen molar-refractivity contribution >= 4 is 31.7 Å². The van der Waals surface area contributed by atoms with Gasteiger partial charge in [-0.15, -0.1) is 0 Å². The van der Waals surface area contributed by atoms with Crippen molar-refractivity contribution in [2.75, 3.05) is 18.0 Å². The number of rotatable bonds is 8. The molecule has 306 valence electrons. The standard InChI is InChI=1S/C22H26N4O3S.C20H24N4O3S/c1-14-6-7-17(30(27,28)26-9-5-8-22(26,3)4)12-18(14)16-11-19(21(23)24-13-16)20-10-15(2)25-29-20;1-12-6-7-15(28(25,26)24-20(3,4)5)10-16(12)14-9-17(19(21)22-11-14)18-8-13(2)23-27-18/h6-7,10-13H,5,8-9H2,1-4H3,(H2,23,24);6-11,24H,1-5H3,(H2,21,22). The molecule has 58 heavy (non-hydrogen) atoms. The molecule has 0 unspecified atom stereocenters. The molecule has 2 aromatic carbocycles. The Morgan fingerprint density at radius 3 is 1.57 bits per heavy atom. The maximum Gasteiger partial charge on any atom is 0.243 e. The lowest BCUT2D eigenvalue weighted by atomic mass is 10.00. The molecule has 1 aliphatic heterocycles. The van der Waals surface area contributed by atoms with Crippen molar-refractivity contribution in [2.24, 2.45) is 0 Å². The lowest BCUT2D eigenvalue weighted by Gasteiger charge is -2.30. The van der Waals surface area contributed by atoms with Crippen LogP contribution in [-0.4, -0.2) is 59.0 Å². The number of aryl methyl sites for hydroxylation is 4. The first kappa shape index (κ1) is 42.2. The second-order valence-corrected chi connectivity index (χ2v) is 19.8. The summed E-state index contributed by atoms with van der Waals surface area (Å²) in [5.74, 6) is 1.69. The van der Waals surface area contributed by atoms with Gasteiger partial charge >= 0.3 is 0 Å². The van der Waals surface area contributed by atoms with Crippen molar-refractivity contribution in [3.63, 3.8) is 0 Å². The smallest absolute Gasteiger partial charge is 0.243 e. The summed E-state index contributed by atoms with van der Waals surface area (Å²) >= 11 is 0. The van der Waals surface area contributed by atoms with Gasteiger partial charge in [0.25, 0.3) is 0 Å². The van der Waals surface area contributed by atoms with Crippen LogP contribution in [0.3, 0.4) is 0 Å². The van der Waals surface area contributed by atoms with Gasteiger partial charge in [-0.05, 0) is 134 Å². The summed E-state index contributed by atoms with van der Waals surface area (Å²) in [6.07, 6.45) is 5.00. The summed E-state index contributed by atoms with van der Waals surface area (Å²) < 4.78 is 67.1. The van der Waals surface area contributed by atoms with E-state index in [4.69, 9.17) is 20.5 Å². The van der Waals surface area contributed by atoms with Crippen molar-refractivity contribution in [1.29, 1.82) is 0 Å². The molecule has 14 nitrogen and oxygen atoms in total. The first-order valence-corrected chi connectivity index (χ1v) is 21.7. The van der Waals surface area contributed by atoms with E-state index in [1.807, 2.05) is 59.7 Å². The van der Waals surface area contributed by atoms with Crippen LogP contribution >= 0.6 is 0 Å². The van der Waals surface area contributed by atoms with Gasteiger partial charge in [0.05, 0.1) is 32.3 Å². The largest absolute Gasteiger partial charge is 0.383 e. The van der Waals surface area contributed by atoms with Crippen molar-refractivity contribution in [1.82, 2.24) is 29.3 Å². The molecule has 7 rings (SSSR count). The van der Waals surface area contributed by atoms with Crippen LogP contribution in [0.5, 0.6) is 0 Å².